The number of benzene rings is 2. The highest BCUT2D eigenvalue weighted by Crippen LogP contribution is 2.39. The number of fused-ring (bicyclic) bond motifs is 2. The monoisotopic (exact) mass is 584 g/mol. The van der Waals surface area contributed by atoms with E-state index < -0.39 is 35.8 Å². The van der Waals surface area contributed by atoms with Gasteiger partial charge in [0.25, 0.3) is 5.91 Å². The van der Waals surface area contributed by atoms with Gasteiger partial charge in [0.2, 0.25) is 11.7 Å². The molecule has 2 aliphatic heterocycles. The van der Waals surface area contributed by atoms with E-state index in [0.29, 0.717) is 6.42 Å². The Morgan fingerprint density at radius 3 is 2.55 bits per heavy atom. The maximum absolute atomic E-state index is 15.3. The molecule has 12 heteroatoms. The van der Waals surface area contributed by atoms with Gasteiger partial charge in [-0.15, -0.1) is 10.2 Å². The van der Waals surface area contributed by atoms with E-state index in [0.717, 1.165) is 41.4 Å². The van der Waals surface area contributed by atoms with E-state index in [-0.39, 0.29) is 48.1 Å². The zero-order valence-electron chi connectivity index (χ0n) is 23.1. The van der Waals surface area contributed by atoms with Crippen molar-refractivity contribution in [2.45, 2.75) is 69.8 Å². The Labute approximate surface area is 240 Å². The standard InChI is InChI=1S/C30H32F4N6O2/c1-17-16-39(25(15-18-7-3-2-4-8-18)26-36-38-29(40(17)26)30(32,33)34)28(42)22-13-19(11-12-23(22)31)14-24-20-9-5-6-10-21(20)27(41)37-35-24/h2-4,7-8,11-13,17,20-21,24-25,35H,5-6,9-10,14-16H2,1H3,(H,37,41). The van der Waals surface area contributed by atoms with Gasteiger partial charge >= 0.3 is 6.18 Å². The molecule has 1 saturated carbocycles. The lowest BCUT2D eigenvalue weighted by molar-refractivity contribution is -0.148. The molecule has 0 bridgehead atoms. The van der Waals surface area contributed by atoms with Gasteiger partial charge in [-0.05, 0) is 55.4 Å². The first kappa shape index (κ1) is 28.3. The highest BCUT2D eigenvalue weighted by atomic mass is 19.4. The van der Waals surface area contributed by atoms with E-state index in [1.807, 2.05) is 18.2 Å². The van der Waals surface area contributed by atoms with Gasteiger partial charge in [-0.3, -0.25) is 15.0 Å². The molecule has 5 unspecified atom stereocenters. The van der Waals surface area contributed by atoms with Crippen LogP contribution in [0, 0.1) is 17.7 Å². The number of aromatic nitrogens is 3. The molecule has 42 heavy (non-hydrogen) atoms. The summed E-state index contributed by atoms with van der Waals surface area (Å²) < 4.78 is 57.7. The highest BCUT2D eigenvalue weighted by molar-refractivity contribution is 5.95. The topological polar surface area (TPSA) is 92.2 Å². The van der Waals surface area contributed by atoms with Crippen molar-refractivity contribution in [3.8, 4) is 0 Å². The van der Waals surface area contributed by atoms with Gasteiger partial charge in [0.1, 0.15) is 5.82 Å². The molecular weight excluding hydrogens is 552 g/mol. The van der Waals surface area contributed by atoms with Crippen LogP contribution in [0.4, 0.5) is 17.6 Å². The molecule has 1 aliphatic carbocycles. The van der Waals surface area contributed by atoms with Gasteiger partial charge in [0.15, 0.2) is 5.82 Å². The number of carbonyl (C=O) groups excluding carboxylic acids is 2. The third kappa shape index (κ3) is 5.28. The number of alkyl halides is 3. The van der Waals surface area contributed by atoms with Crippen LogP contribution in [0.2, 0.25) is 0 Å². The second kappa shape index (κ2) is 11.1. The van der Waals surface area contributed by atoms with E-state index >= 15 is 4.39 Å². The van der Waals surface area contributed by atoms with Gasteiger partial charge in [-0.2, -0.15) is 13.2 Å². The Balaban J connectivity index is 1.32. The number of amides is 2. The van der Waals surface area contributed by atoms with Crippen LogP contribution in [-0.2, 0) is 23.8 Å². The van der Waals surface area contributed by atoms with Gasteiger partial charge in [-0.1, -0.05) is 49.2 Å². The SMILES string of the molecule is CC1CN(C(=O)c2cc(CC3NNC(=O)C4CCCCC34)ccc2F)C(Cc2ccccc2)c2nnc(C(F)(F)F)n21. The van der Waals surface area contributed by atoms with Crippen molar-refractivity contribution in [2.24, 2.45) is 11.8 Å². The molecule has 1 aromatic heterocycles. The molecule has 6 rings (SSSR count). The molecule has 0 spiro atoms. The number of hydrogen-bond donors (Lipinski definition) is 2. The summed E-state index contributed by atoms with van der Waals surface area (Å²) in [5.41, 5.74) is 7.25. The molecule has 3 heterocycles. The lowest BCUT2D eigenvalue weighted by Gasteiger charge is -2.41. The van der Waals surface area contributed by atoms with Crippen LogP contribution in [0.25, 0.3) is 0 Å². The zero-order chi connectivity index (χ0) is 29.6. The minimum Gasteiger partial charge on any atom is -0.326 e. The second-order valence-electron chi connectivity index (χ2n) is 11.6. The average Bonchev–Trinajstić information content (AvgIpc) is 3.44. The van der Waals surface area contributed by atoms with Crippen molar-refractivity contribution in [2.75, 3.05) is 6.54 Å². The summed E-state index contributed by atoms with van der Waals surface area (Å²) in [5.74, 6) is -2.36. The van der Waals surface area contributed by atoms with Crippen LogP contribution >= 0.6 is 0 Å². The minimum absolute atomic E-state index is 0.00358. The Morgan fingerprint density at radius 2 is 1.79 bits per heavy atom. The lowest BCUT2D eigenvalue weighted by atomic mass is 9.72. The van der Waals surface area contributed by atoms with Crippen LogP contribution in [0.1, 0.15) is 77.8 Å². The molecule has 3 aromatic rings. The number of hydrazine groups is 1. The predicted molar refractivity (Wildman–Crippen MR) is 144 cm³/mol. The molecule has 2 amide bonds. The molecule has 2 N–H and O–H groups in total. The first-order valence-electron chi connectivity index (χ1n) is 14.3. The molecule has 1 saturated heterocycles. The van der Waals surface area contributed by atoms with E-state index in [1.165, 1.54) is 17.0 Å². The normalized spacial score (nSPS) is 25.9. The zero-order valence-corrected chi connectivity index (χ0v) is 23.1. The third-order valence-electron chi connectivity index (χ3n) is 8.85. The van der Waals surface area contributed by atoms with Gasteiger partial charge in [0.05, 0.1) is 17.6 Å². The van der Waals surface area contributed by atoms with Crippen LogP contribution < -0.4 is 10.9 Å². The van der Waals surface area contributed by atoms with Crippen LogP contribution in [-0.4, -0.2) is 44.1 Å². The predicted octanol–water partition coefficient (Wildman–Crippen LogP) is 4.79. The molecule has 222 valence electrons. The highest BCUT2D eigenvalue weighted by Gasteiger charge is 2.45. The largest absolute Gasteiger partial charge is 0.451 e. The summed E-state index contributed by atoms with van der Waals surface area (Å²) in [4.78, 5) is 27.8. The number of hydrogen-bond acceptors (Lipinski definition) is 5. The number of carbonyl (C=O) groups is 2. The first-order chi connectivity index (χ1) is 20.1. The minimum atomic E-state index is -4.71. The number of nitrogens with one attached hydrogen (secondary N) is 2. The molecule has 8 nitrogen and oxygen atoms in total. The Morgan fingerprint density at radius 1 is 1.02 bits per heavy atom. The fourth-order valence-electron chi connectivity index (χ4n) is 6.86. The summed E-state index contributed by atoms with van der Waals surface area (Å²) in [7, 11) is 0. The van der Waals surface area contributed by atoms with Crippen molar-refractivity contribution in [1.82, 2.24) is 30.5 Å². The van der Waals surface area contributed by atoms with Gasteiger partial charge in [0, 0.05) is 24.9 Å². The van der Waals surface area contributed by atoms with Crippen molar-refractivity contribution >= 4 is 11.8 Å². The molecule has 3 aliphatic rings. The van der Waals surface area contributed by atoms with E-state index in [9.17, 15) is 22.8 Å². The fraction of sp³-hybridized carbons (Fsp3) is 0.467. The van der Waals surface area contributed by atoms with Crippen molar-refractivity contribution in [3.63, 3.8) is 0 Å². The molecular formula is C30H32F4N6O2. The van der Waals surface area contributed by atoms with E-state index in [2.05, 4.69) is 21.0 Å². The Hall–Kier alpha value is -3.80. The van der Waals surface area contributed by atoms with Crippen molar-refractivity contribution in [3.05, 3.63) is 82.7 Å². The average molecular weight is 585 g/mol. The van der Waals surface area contributed by atoms with E-state index in [1.54, 1.807) is 25.1 Å². The van der Waals surface area contributed by atoms with Crippen LogP contribution in [0.3, 0.4) is 0 Å². The quantitative estimate of drug-likeness (QED) is 0.421. The van der Waals surface area contributed by atoms with Crippen LogP contribution in [0.15, 0.2) is 48.5 Å². The van der Waals surface area contributed by atoms with Crippen molar-refractivity contribution in [1.29, 1.82) is 0 Å². The van der Waals surface area contributed by atoms with E-state index in [4.69, 9.17) is 0 Å². The first-order valence-corrected chi connectivity index (χ1v) is 14.3. The smallest absolute Gasteiger partial charge is 0.326 e. The molecule has 0 radical (unpaired) electrons. The maximum Gasteiger partial charge on any atom is 0.451 e. The third-order valence-corrected chi connectivity index (χ3v) is 8.85. The lowest BCUT2D eigenvalue weighted by Crippen LogP contribution is -2.60. The number of nitrogens with zero attached hydrogens (tertiary/aromatic N) is 4. The van der Waals surface area contributed by atoms with Gasteiger partial charge in [-0.25, -0.2) is 9.82 Å². The summed E-state index contributed by atoms with van der Waals surface area (Å²) in [6.45, 7) is 1.49. The fourth-order valence-corrected chi connectivity index (χ4v) is 6.86. The molecule has 2 aromatic carbocycles. The Kier molecular flexibility index (Phi) is 7.50. The van der Waals surface area contributed by atoms with Crippen molar-refractivity contribution < 1.29 is 27.2 Å². The number of rotatable bonds is 5. The summed E-state index contributed by atoms with van der Waals surface area (Å²) in [5, 5.41) is 7.35. The summed E-state index contributed by atoms with van der Waals surface area (Å²) in [6, 6.07) is 11.8. The summed E-state index contributed by atoms with van der Waals surface area (Å²) in [6.07, 6.45) is -0.258. The molecule has 5 atom stereocenters. The molecule has 2 fully saturated rings. The van der Waals surface area contributed by atoms with Crippen LogP contribution in [0.5, 0.6) is 0 Å². The maximum atomic E-state index is 15.3. The number of halogens is 4. The summed E-state index contributed by atoms with van der Waals surface area (Å²) >= 11 is 0. The van der Waals surface area contributed by atoms with Gasteiger partial charge < -0.3 is 9.47 Å². The second-order valence-corrected chi connectivity index (χ2v) is 11.6. The Bertz CT molecular complexity index is 1480.